The fraction of sp³-hybridized carbons (Fsp3) is 0.636. The molecule has 0 bridgehead atoms. The minimum absolute atomic E-state index is 0.0561. The number of aromatic amines is 1. The second-order valence-corrected chi connectivity index (χ2v) is 6.78. The van der Waals surface area contributed by atoms with E-state index in [-0.39, 0.29) is 11.6 Å². The molecule has 1 fully saturated rings. The Bertz CT molecular complexity index is 595. The molecule has 1 aromatic rings. The van der Waals surface area contributed by atoms with Gasteiger partial charge in [-0.05, 0) is 33.1 Å². The molecule has 0 spiro atoms. The lowest BCUT2D eigenvalue weighted by molar-refractivity contribution is -0.149. The number of carboxylic acid groups (broad SMARTS) is 1. The molecule has 8 heteroatoms. The summed E-state index contributed by atoms with van der Waals surface area (Å²) < 4.78 is 26.1. The second-order valence-electron chi connectivity index (χ2n) is 4.95. The minimum Gasteiger partial charge on any atom is -0.480 e. The van der Waals surface area contributed by atoms with Gasteiger partial charge in [0, 0.05) is 6.54 Å². The van der Waals surface area contributed by atoms with E-state index >= 15 is 0 Å². The van der Waals surface area contributed by atoms with E-state index in [0.717, 1.165) is 4.31 Å². The fourth-order valence-electron chi connectivity index (χ4n) is 2.34. The number of nitrogens with one attached hydrogen (secondary N) is 1. The molecule has 2 heterocycles. The van der Waals surface area contributed by atoms with Crippen LogP contribution in [0.3, 0.4) is 0 Å². The molecule has 2 rings (SSSR count). The third kappa shape index (κ3) is 2.25. The van der Waals surface area contributed by atoms with Crippen LogP contribution in [0, 0.1) is 6.92 Å². The van der Waals surface area contributed by atoms with Gasteiger partial charge in [0.1, 0.15) is 11.4 Å². The van der Waals surface area contributed by atoms with Crippen LogP contribution in [-0.2, 0) is 14.8 Å². The maximum absolute atomic E-state index is 12.5. The van der Waals surface area contributed by atoms with Gasteiger partial charge in [0.25, 0.3) is 10.0 Å². The summed E-state index contributed by atoms with van der Waals surface area (Å²) in [7, 11) is -3.86. The third-order valence-corrected chi connectivity index (χ3v) is 5.46. The van der Waals surface area contributed by atoms with Crippen molar-refractivity contribution in [3.8, 4) is 0 Å². The van der Waals surface area contributed by atoms with Crippen molar-refractivity contribution in [3.63, 3.8) is 0 Å². The maximum Gasteiger partial charge on any atom is 0.324 e. The van der Waals surface area contributed by atoms with E-state index in [1.54, 1.807) is 6.92 Å². The molecule has 0 radical (unpaired) electrons. The molecule has 1 aromatic heterocycles. The summed E-state index contributed by atoms with van der Waals surface area (Å²) in [5.74, 6) is -0.639. The van der Waals surface area contributed by atoms with Gasteiger partial charge in [0.15, 0.2) is 5.03 Å². The lowest BCUT2D eigenvalue weighted by Crippen LogP contribution is -2.57. The number of aryl methyl sites for hydroxylation is 1. The fourth-order valence-corrected chi connectivity index (χ4v) is 4.11. The summed E-state index contributed by atoms with van der Waals surface area (Å²) in [5, 5.41) is 9.30. The molecule has 2 N–H and O–H groups in total. The highest BCUT2D eigenvalue weighted by atomic mass is 32.2. The molecule has 0 aliphatic carbocycles. The molecule has 1 saturated heterocycles. The summed E-state index contributed by atoms with van der Waals surface area (Å²) >= 11 is 0. The van der Waals surface area contributed by atoms with E-state index in [2.05, 4.69) is 9.97 Å². The van der Waals surface area contributed by atoms with Crippen LogP contribution < -0.4 is 0 Å². The van der Waals surface area contributed by atoms with Crippen molar-refractivity contribution in [1.29, 1.82) is 0 Å². The molecule has 1 unspecified atom stereocenters. The van der Waals surface area contributed by atoms with Crippen LogP contribution in [0.15, 0.2) is 11.2 Å². The Morgan fingerprint density at radius 3 is 2.74 bits per heavy atom. The number of sulfonamides is 1. The van der Waals surface area contributed by atoms with Crippen LogP contribution in [0.4, 0.5) is 0 Å². The zero-order valence-electron chi connectivity index (χ0n) is 10.9. The Hall–Kier alpha value is -1.41. The monoisotopic (exact) mass is 287 g/mol. The van der Waals surface area contributed by atoms with Gasteiger partial charge < -0.3 is 10.1 Å². The lowest BCUT2D eigenvalue weighted by atomic mass is 9.91. The molecule has 1 aliphatic rings. The summed E-state index contributed by atoms with van der Waals surface area (Å²) in [6, 6.07) is 0. The molecule has 0 aromatic carbocycles. The Morgan fingerprint density at radius 1 is 1.53 bits per heavy atom. The minimum atomic E-state index is -3.86. The molecule has 19 heavy (non-hydrogen) atoms. The zero-order chi connectivity index (χ0) is 14.3. The molecule has 1 atom stereocenters. The number of H-pyrrole nitrogens is 1. The normalized spacial score (nSPS) is 25.4. The first kappa shape index (κ1) is 14.0. The number of nitrogens with zero attached hydrogens (tertiary/aromatic N) is 2. The van der Waals surface area contributed by atoms with E-state index in [0.29, 0.717) is 25.1 Å². The maximum atomic E-state index is 12.5. The van der Waals surface area contributed by atoms with E-state index in [1.165, 1.54) is 13.1 Å². The van der Waals surface area contributed by atoms with Gasteiger partial charge in [-0.1, -0.05) is 0 Å². The zero-order valence-corrected chi connectivity index (χ0v) is 11.7. The number of hydrogen-bond donors (Lipinski definition) is 2. The molecule has 0 amide bonds. The Labute approximate surface area is 111 Å². The van der Waals surface area contributed by atoms with E-state index in [1.807, 2.05) is 0 Å². The standard InChI is InChI=1S/C11H17N3O4S/c1-8-12-7-9(13-8)19(17,18)14-6-4-3-5-11(14,2)10(15)16/h7H,3-6H2,1-2H3,(H,12,13)(H,15,16). The largest absolute Gasteiger partial charge is 0.480 e. The topological polar surface area (TPSA) is 103 Å². The van der Waals surface area contributed by atoms with Crippen LogP contribution in [0.2, 0.25) is 0 Å². The highest BCUT2D eigenvalue weighted by Crippen LogP contribution is 2.33. The van der Waals surface area contributed by atoms with Gasteiger partial charge in [-0.2, -0.15) is 4.31 Å². The number of aliphatic carboxylic acids is 1. The molecular formula is C11H17N3O4S. The Balaban J connectivity index is 2.46. The Morgan fingerprint density at radius 2 is 2.21 bits per heavy atom. The predicted octanol–water partition coefficient (Wildman–Crippen LogP) is 0.736. The molecular weight excluding hydrogens is 270 g/mol. The number of imidazole rings is 1. The van der Waals surface area contributed by atoms with Crippen LogP contribution in [0.25, 0.3) is 0 Å². The van der Waals surface area contributed by atoms with Gasteiger partial charge in [0.05, 0.1) is 6.20 Å². The van der Waals surface area contributed by atoms with Crippen molar-refractivity contribution in [1.82, 2.24) is 14.3 Å². The number of hydrogen-bond acceptors (Lipinski definition) is 4. The molecule has 7 nitrogen and oxygen atoms in total. The summed E-state index contributed by atoms with van der Waals surface area (Å²) in [5.41, 5.74) is -1.39. The lowest BCUT2D eigenvalue weighted by Gasteiger charge is -2.39. The van der Waals surface area contributed by atoms with E-state index < -0.39 is 21.5 Å². The van der Waals surface area contributed by atoms with Crippen molar-refractivity contribution in [2.24, 2.45) is 0 Å². The van der Waals surface area contributed by atoms with Gasteiger partial charge in [-0.3, -0.25) is 4.79 Å². The highest BCUT2D eigenvalue weighted by molar-refractivity contribution is 7.89. The SMILES string of the molecule is Cc1ncc(S(=O)(=O)N2CCCCC2(C)C(=O)O)[nH]1. The van der Waals surface area contributed by atoms with Crippen molar-refractivity contribution in [2.75, 3.05) is 6.54 Å². The van der Waals surface area contributed by atoms with Crippen molar-refractivity contribution in [3.05, 3.63) is 12.0 Å². The van der Waals surface area contributed by atoms with Crippen molar-refractivity contribution in [2.45, 2.75) is 43.7 Å². The summed E-state index contributed by atoms with van der Waals surface area (Å²) in [6.45, 7) is 3.31. The van der Waals surface area contributed by atoms with Gasteiger partial charge in [-0.25, -0.2) is 13.4 Å². The highest BCUT2D eigenvalue weighted by Gasteiger charge is 2.48. The predicted molar refractivity (Wildman–Crippen MR) is 67.1 cm³/mol. The number of carbonyl (C=O) groups is 1. The van der Waals surface area contributed by atoms with E-state index in [9.17, 15) is 18.3 Å². The number of aromatic nitrogens is 2. The van der Waals surface area contributed by atoms with Crippen LogP contribution in [0.1, 0.15) is 32.0 Å². The molecule has 1 aliphatic heterocycles. The Kier molecular flexibility index (Phi) is 3.40. The van der Waals surface area contributed by atoms with Crippen LogP contribution >= 0.6 is 0 Å². The quantitative estimate of drug-likeness (QED) is 0.853. The van der Waals surface area contributed by atoms with Gasteiger partial charge >= 0.3 is 5.97 Å². The average Bonchev–Trinajstić information content (AvgIpc) is 2.76. The first-order valence-corrected chi connectivity index (χ1v) is 7.50. The first-order valence-electron chi connectivity index (χ1n) is 6.06. The van der Waals surface area contributed by atoms with Gasteiger partial charge in [-0.15, -0.1) is 0 Å². The van der Waals surface area contributed by atoms with Crippen LogP contribution in [-0.4, -0.2) is 45.9 Å². The van der Waals surface area contributed by atoms with E-state index in [4.69, 9.17) is 0 Å². The summed E-state index contributed by atoms with van der Waals surface area (Å²) in [4.78, 5) is 18.0. The van der Waals surface area contributed by atoms with Crippen LogP contribution in [0.5, 0.6) is 0 Å². The molecule has 0 saturated carbocycles. The first-order chi connectivity index (χ1) is 8.78. The summed E-state index contributed by atoms with van der Waals surface area (Å²) in [6.07, 6.45) is 2.91. The smallest absolute Gasteiger partial charge is 0.324 e. The number of rotatable bonds is 3. The van der Waals surface area contributed by atoms with Crippen molar-refractivity contribution >= 4 is 16.0 Å². The second kappa shape index (κ2) is 4.61. The number of carboxylic acids is 1. The van der Waals surface area contributed by atoms with Crippen molar-refractivity contribution < 1.29 is 18.3 Å². The third-order valence-electron chi connectivity index (χ3n) is 3.53. The number of piperidine rings is 1. The van der Waals surface area contributed by atoms with Gasteiger partial charge in [0.2, 0.25) is 0 Å². The average molecular weight is 287 g/mol. The molecule has 106 valence electrons.